The topological polar surface area (TPSA) is 105 Å². The number of aryl methyl sites for hydroxylation is 1. The van der Waals surface area contributed by atoms with Gasteiger partial charge in [0.25, 0.3) is 0 Å². The Bertz CT molecular complexity index is 1290. The number of anilines is 1. The van der Waals surface area contributed by atoms with Crippen LogP contribution in [-0.2, 0) is 7.05 Å². The monoisotopic (exact) mass is 444 g/mol. The lowest BCUT2D eigenvalue weighted by Gasteiger charge is -2.25. The lowest BCUT2D eigenvalue weighted by Crippen LogP contribution is -2.45. The normalized spacial score (nSPS) is 16.6. The molecule has 1 atom stereocenters. The van der Waals surface area contributed by atoms with Crippen molar-refractivity contribution in [1.29, 1.82) is 0 Å². The Kier molecular flexibility index (Phi) is 5.20. The molecule has 0 aliphatic carbocycles. The number of nitrogens with one attached hydrogen (secondary N) is 1. The molecule has 1 unspecified atom stereocenters. The van der Waals surface area contributed by atoms with E-state index in [4.69, 9.17) is 0 Å². The lowest BCUT2D eigenvalue weighted by molar-refractivity contribution is 0.373. The number of aromatic hydroxyl groups is 1. The molecule has 2 N–H and O–H groups in total. The largest absolute Gasteiger partial charge is 0.507 e. The van der Waals surface area contributed by atoms with Gasteiger partial charge < -0.3 is 15.3 Å². The first-order valence-corrected chi connectivity index (χ1v) is 11.1. The molecule has 1 fully saturated rings. The van der Waals surface area contributed by atoms with Crippen molar-refractivity contribution in [2.24, 2.45) is 7.05 Å². The maximum Gasteiger partial charge on any atom is 0.245 e. The number of rotatable bonds is 4. The predicted octanol–water partition coefficient (Wildman–Crippen LogP) is 3.16. The molecule has 5 rings (SSSR count). The van der Waals surface area contributed by atoms with Gasteiger partial charge in [-0.15, -0.1) is 10.2 Å². The van der Waals surface area contributed by atoms with Crippen LogP contribution in [0.15, 0.2) is 42.7 Å². The number of pyridine rings is 1. The molecule has 1 saturated heterocycles. The van der Waals surface area contributed by atoms with Gasteiger partial charge in [-0.25, -0.2) is 9.97 Å². The zero-order valence-corrected chi connectivity index (χ0v) is 19.3. The summed E-state index contributed by atoms with van der Waals surface area (Å²) in [6, 6.07) is 9.74. The van der Waals surface area contributed by atoms with E-state index in [0.29, 0.717) is 23.2 Å². The number of hydrogen-bond donors (Lipinski definition) is 2. The van der Waals surface area contributed by atoms with Crippen LogP contribution in [0, 0.1) is 0 Å². The molecule has 0 bridgehead atoms. The second-order valence-corrected chi connectivity index (χ2v) is 9.58. The third kappa shape index (κ3) is 4.36. The van der Waals surface area contributed by atoms with E-state index >= 15 is 0 Å². The lowest BCUT2D eigenvalue weighted by atomic mass is 10.1. The average Bonchev–Trinajstić information content (AvgIpc) is 3.39. The van der Waals surface area contributed by atoms with E-state index in [9.17, 15) is 5.11 Å². The van der Waals surface area contributed by atoms with Gasteiger partial charge >= 0.3 is 0 Å². The summed E-state index contributed by atoms with van der Waals surface area (Å²) in [5.74, 6) is 0.723. The van der Waals surface area contributed by atoms with E-state index in [-0.39, 0.29) is 11.3 Å². The van der Waals surface area contributed by atoms with E-state index in [0.717, 1.165) is 41.8 Å². The predicted molar refractivity (Wildman–Crippen MR) is 128 cm³/mol. The number of benzene rings is 1. The Morgan fingerprint density at radius 1 is 1.06 bits per heavy atom. The quantitative estimate of drug-likeness (QED) is 0.495. The fourth-order valence-electron chi connectivity index (χ4n) is 4.30. The van der Waals surface area contributed by atoms with Crippen molar-refractivity contribution in [3.05, 3.63) is 42.7 Å². The molecule has 3 aromatic heterocycles. The van der Waals surface area contributed by atoms with E-state index in [1.54, 1.807) is 23.1 Å². The second-order valence-electron chi connectivity index (χ2n) is 9.58. The van der Waals surface area contributed by atoms with Crippen molar-refractivity contribution in [2.75, 3.05) is 18.0 Å². The highest BCUT2D eigenvalue weighted by Crippen LogP contribution is 2.32. The molecule has 4 heterocycles. The summed E-state index contributed by atoms with van der Waals surface area (Å²) in [6.07, 6.45) is 4.50. The zero-order chi connectivity index (χ0) is 23.2. The maximum absolute atomic E-state index is 10.7. The van der Waals surface area contributed by atoms with E-state index in [1.165, 1.54) is 0 Å². The van der Waals surface area contributed by atoms with Crippen LogP contribution in [0.1, 0.15) is 27.2 Å². The van der Waals surface area contributed by atoms with Crippen molar-refractivity contribution in [1.82, 2.24) is 35.3 Å². The molecule has 0 spiro atoms. The number of hydrogen-bond acceptors (Lipinski definition) is 8. The summed E-state index contributed by atoms with van der Waals surface area (Å²) >= 11 is 0. The first kappa shape index (κ1) is 21.3. The van der Waals surface area contributed by atoms with Crippen LogP contribution >= 0.6 is 0 Å². The van der Waals surface area contributed by atoms with Crippen molar-refractivity contribution in [2.45, 2.75) is 38.8 Å². The van der Waals surface area contributed by atoms with Crippen LogP contribution in [0.5, 0.6) is 5.75 Å². The molecule has 9 nitrogen and oxygen atoms in total. The Morgan fingerprint density at radius 2 is 1.91 bits per heavy atom. The van der Waals surface area contributed by atoms with Gasteiger partial charge in [0.05, 0.1) is 18.1 Å². The molecular weight excluding hydrogens is 416 g/mol. The van der Waals surface area contributed by atoms with Crippen LogP contribution in [-0.4, -0.2) is 59.7 Å². The fraction of sp³-hybridized carbons (Fsp3) is 0.375. The first-order chi connectivity index (χ1) is 15.8. The van der Waals surface area contributed by atoms with Gasteiger partial charge in [-0.1, -0.05) is 6.07 Å². The highest BCUT2D eigenvalue weighted by Gasteiger charge is 2.27. The Hall–Kier alpha value is -3.59. The molecule has 0 saturated carbocycles. The molecule has 1 aromatic carbocycles. The summed E-state index contributed by atoms with van der Waals surface area (Å²) < 4.78 is 1.73. The fourth-order valence-corrected chi connectivity index (χ4v) is 4.30. The van der Waals surface area contributed by atoms with E-state index in [1.807, 2.05) is 31.3 Å². The third-order valence-corrected chi connectivity index (χ3v) is 5.81. The summed E-state index contributed by atoms with van der Waals surface area (Å²) in [6.45, 7) is 8.27. The smallest absolute Gasteiger partial charge is 0.245 e. The molecule has 0 radical (unpaired) electrons. The molecular formula is C24H28N8O. The van der Waals surface area contributed by atoms with Crippen molar-refractivity contribution >= 4 is 17.0 Å². The van der Waals surface area contributed by atoms with Crippen LogP contribution in [0.4, 0.5) is 5.95 Å². The third-order valence-electron chi connectivity index (χ3n) is 5.81. The summed E-state index contributed by atoms with van der Waals surface area (Å²) in [5.41, 5.74) is 3.56. The van der Waals surface area contributed by atoms with Gasteiger partial charge in [0.1, 0.15) is 11.4 Å². The SMILES string of the molecule is Cn1ncc2ccc(-c3ccc(-c4cnc(N5CCC(NC(C)(C)C)C5)nn4)c(O)c3)nc21. The molecule has 0 amide bonds. The highest BCUT2D eigenvalue weighted by atomic mass is 16.3. The van der Waals surface area contributed by atoms with Gasteiger partial charge in [0.15, 0.2) is 5.65 Å². The van der Waals surface area contributed by atoms with Gasteiger partial charge in [-0.3, -0.25) is 4.68 Å². The minimum Gasteiger partial charge on any atom is -0.507 e. The number of phenols is 1. The van der Waals surface area contributed by atoms with Crippen LogP contribution in [0.2, 0.25) is 0 Å². The van der Waals surface area contributed by atoms with Crippen molar-refractivity contribution < 1.29 is 5.11 Å². The van der Waals surface area contributed by atoms with Crippen LogP contribution in [0.25, 0.3) is 33.5 Å². The van der Waals surface area contributed by atoms with Crippen LogP contribution < -0.4 is 10.2 Å². The Balaban J connectivity index is 1.34. The number of aromatic nitrogens is 6. The second kappa shape index (κ2) is 8.08. The van der Waals surface area contributed by atoms with E-state index < -0.39 is 0 Å². The molecule has 4 aromatic rings. The minimum atomic E-state index is 0.0757. The molecule has 1 aliphatic heterocycles. The van der Waals surface area contributed by atoms with Crippen molar-refractivity contribution in [3.8, 4) is 28.3 Å². The highest BCUT2D eigenvalue weighted by molar-refractivity contribution is 5.79. The standard InChI is InChI=1S/C24H28N8O/c1-24(2,3)28-17-9-10-32(14-17)23-25-13-20(29-30-23)18-7-5-15(11-21(18)33)19-8-6-16-12-26-31(4)22(16)27-19/h5-8,11-13,17,28,33H,9-10,14H2,1-4H3. The zero-order valence-electron chi connectivity index (χ0n) is 19.3. The van der Waals surface area contributed by atoms with Gasteiger partial charge in [-0.2, -0.15) is 5.10 Å². The number of nitrogens with zero attached hydrogens (tertiary/aromatic N) is 7. The number of phenolic OH excluding ortho intramolecular Hbond substituents is 1. The minimum absolute atomic E-state index is 0.0757. The van der Waals surface area contributed by atoms with Gasteiger partial charge in [0, 0.05) is 48.2 Å². The van der Waals surface area contributed by atoms with Crippen LogP contribution in [0.3, 0.4) is 0 Å². The Morgan fingerprint density at radius 3 is 2.64 bits per heavy atom. The van der Waals surface area contributed by atoms with E-state index in [2.05, 4.69) is 56.3 Å². The molecule has 170 valence electrons. The van der Waals surface area contributed by atoms with Gasteiger partial charge in [-0.05, 0) is 51.5 Å². The first-order valence-electron chi connectivity index (χ1n) is 11.1. The summed E-state index contributed by atoms with van der Waals surface area (Å²) in [7, 11) is 1.86. The average molecular weight is 445 g/mol. The molecule has 33 heavy (non-hydrogen) atoms. The van der Waals surface area contributed by atoms with Gasteiger partial charge in [0.2, 0.25) is 5.95 Å². The Labute approximate surface area is 192 Å². The van der Waals surface area contributed by atoms with Crippen molar-refractivity contribution in [3.63, 3.8) is 0 Å². The summed E-state index contributed by atoms with van der Waals surface area (Å²) in [5, 5.41) is 28.2. The summed E-state index contributed by atoms with van der Waals surface area (Å²) in [4.78, 5) is 11.3. The number of fused-ring (bicyclic) bond motifs is 1. The maximum atomic E-state index is 10.7. The molecule has 9 heteroatoms. The molecule has 1 aliphatic rings.